The Hall–Kier alpha value is -1.38. The summed E-state index contributed by atoms with van der Waals surface area (Å²) in [5, 5.41) is 4.15. The van der Waals surface area contributed by atoms with Gasteiger partial charge in [-0.15, -0.1) is 0 Å². The first-order chi connectivity index (χ1) is 9.75. The maximum atomic E-state index is 14.1. The normalized spacial score (nSPS) is 22.7. The minimum Gasteiger partial charge on any atom is -0.316 e. The molecule has 0 amide bonds. The van der Waals surface area contributed by atoms with E-state index in [0.717, 1.165) is 30.1 Å². The monoisotopic (exact) mass is 289 g/mol. The summed E-state index contributed by atoms with van der Waals surface area (Å²) in [5.74, 6) is 0.412. The van der Waals surface area contributed by atoms with Crippen LogP contribution in [-0.4, -0.2) is 13.1 Å². The second-order valence-corrected chi connectivity index (χ2v) is 5.72. The van der Waals surface area contributed by atoms with E-state index < -0.39 is 0 Å². The third kappa shape index (κ3) is 2.72. The molecule has 2 unspecified atom stereocenters. The van der Waals surface area contributed by atoms with E-state index in [0.29, 0.717) is 0 Å². The highest BCUT2D eigenvalue weighted by atomic mass is 35.5. The maximum Gasteiger partial charge on any atom is 0.126 e. The van der Waals surface area contributed by atoms with Gasteiger partial charge in [-0.2, -0.15) is 0 Å². The third-order valence-corrected chi connectivity index (χ3v) is 4.34. The highest BCUT2D eigenvalue weighted by molar-refractivity contribution is 6.30. The molecule has 0 aliphatic carbocycles. The van der Waals surface area contributed by atoms with Crippen LogP contribution in [0.4, 0.5) is 4.39 Å². The first-order valence-corrected chi connectivity index (χ1v) is 7.34. The fourth-order valence-electron chi connectivity index (χ4n) is 3.07. The molecule has 1 saturated heterocycles. The fourth-order valence-corrected chi connectivity index (χ4v) is 3.19. The Labute approximate surface area is 123 Å². The summed E-state index contributed by atoms with van der Waals surface area (Å²) in [4.78, 5) is 0. The fraction of sp³-hybridized carbons (Fsp3) is 0.294. The van der Waals surface area contributed by atoms with Crippen LogP contribution in [0.5, 0.6) is 0 Å². The SMILES string of the molecule is Fc1ccccc1C1CCNCC1c1ccc(Cl)cc1. The Kier molecular flexibility index (Phi) is 4.04. The van der Waals surface area contributed by atoms with Crippen LogP contribution >= 0.6 is 11.6 Å². The number of nitrogens with one attached hydrogen (secondary N) is 1. The largest absolute Gasteiger partial charge is 0.316 e. The number of piperidine rings is 1. The number of hydrogen-bond acceptors (Lipinski definition) is 1. The zero-order valence-corrected chi connectivity index (χ0v) is 11.9. The zero-order chi connectivity index (χ0) is 13.9. The number of rotatable bonds is 2. The van der Waals surface area contributed by atoms with Gasteiger partial charge in [-0.1, -0.05) is 41.9 Å². The van der Waals surface area contributed by atoms with E-state index in [1.54, 1.807) is 12.1 Å². The van der Waals surface area contributed by atoms with Crippen molar-refractivity contribution >= 4 is 11.6 Å². The molecular formula is C17H17ClFN. The predicted octanol–water partition coefficient (Wildman–Crippen LogP) is 4.34. The molecule has 1 N–H and O–H groups in total. The van der Waals surface area contributed by atoms with Gasteiger partial charge in [0, 0.05) is 17.5 Å². The molecule has 2 atom stereocenters. The summed E-state index contributed by atoms with van der Waals surface area (Å²) in [6, 6.07) is 15.0. The second-order valence-electron chi connectivity index (χ2n) is 5.28. The van der Waals surface area contributed by atoms with Crippen molar-refractivity contribution in [2.24, 2.45) is 0 Å². The van der Waals surface area contributed by atoms with Gasteiger partial charge in [0.25, 0.3) is 0 Å². The van der Waals surface area contributed by atoms with Gasteiger partial charge < -0.3 is 5.32 Å². The molecule has 0 saturated carbocycles. The van der Waals surface area contributed by atoms with Gasteiger partial charge in [-0.05, 0) is 48.2 Å². The van der Waals surface area contributed by atoms with E-state index >= 15 is 0 Å². The number of hydrogen-bond donors (Lipinski definition) is 1. The van der Waals surface area contributed by atoms with Crippen LogP contribution < -0.4 is 5.32 Å². The Morgan fingerprint density at radius 3 is 2.50 bits per heavy atom. The van der Waals surface area contributed by atoms with Crippen molar-refractivity contribution in [2.75, 3.05) is 13.1 Å². The summed E-state index contributed by atoms with van der Waals surface area (Å²) in [7, 11) is 0. The van der Waals surface area contributed by atoms with Crippen LogP contribution in [0, 0.1) is 5.82 Å². The smallest absolute Gasteiger partial charge is 0.126 e. The van der Waals surface area contributed by atoms with Gasteiger partial charge >= 0.3 is 0 Å². The molecule has 20 heavy (non-hydrogen) atoms. The van der Waals surface area contributed by atoms with E-state index in [1.807, 2.05) is 36.4 Å². The minimum atomic E-state index is -0.0987. The molecule has 1 fully saturated rings. The summed E-state index contributed by atoms with van der Waals surface area (Å²) in [6.07, 6.45) is 0.953. The molecule has 2 aromatic carbocycles. The van der Waals surface area contributed by atoms with Gasteiger partial charge in [-0.25, -0.2) is 4.39 Å². The Bertz CT molecular complexity index is 582. The maximum absolute atomic E-state index is 14.1. The zero-order valence-electron chi connectivity index (χ0n) is 11.2. The molecule has 104 valence electrons. The summed E-state index contributed by atoms with van der Waals surface area (Å²) in [5.41, 5.74) is 2.05. The highest BCUT2D eigenvalue weighted by Gasteiger charge is 2.29. The molecule has 3 rings (SSSR count). The van der Waals surface area contributed by atoms with Crippen molar-refractivity contribution in [1.82, 2.24) is 5.32 Å². The van der Waals surface area contributed by atoms with E-state index in [2.05, 4.69) is 5.32 Å². The standard InChI is InChI=1S/C17H17ClFN/c18-13-7-5-12(6-8-13)16-11-20-10-9-14(16)15-3-1-2-4-17(15)19/h1-8,14,16,20H,9-11H2. The molecule has 1 aliphatic rings. The predicted molar refractivity (Wildman–Crippen MR) is 80.8 cm³/mol. The lowest BCUT2D eigenvalue weighted by molar-refractivity contribution is 0.393. The van der Waals surface area contributed by atoms with Crippen molar-refractivity contribution in [1.29, 1.82) is 0 Å². The molecule has 3 heteroatoms. The first kappa shape index (κ1) is 13.6. The number of halogens is 2. The van der Waals surface area contributed by atoms with Crippen LogP contribution in [0.2, 0.25) is 5.02 Å². The average Bonchev–Trinajstić information content (AvgIpc) is 2.49. The van der Waals surface area contributed by atoms with Crippen LogP contribution in [0.3, 0.4) is 0 Å². The lowest BCUT2D eigenvalue weighted by atomic mass is 9.77. The van der Waals surface area contributed by atoms with Crippen molar-refractivity contribution in [3.8, 4) is 0 Å². The molecular weight excluding hydrogens is 273 g/mol. The van der Waals surface area contributed by atoms with Crippen LogP contribution in [-0.2, 0) is 0 Å². The van der Waals surface area contributed by atoms with Gasteiger partial charge in [-0.3, -0.25) is 0 Å². The minimum absolute atomic E-state index is 0.0987. The Morgan fingerprint density at radius 2 is 1.75 bits per heavy atom. The molecule has 1 nitrogen and oxygen atoms in total. The van der Waals surface area contributed by atoms with Gasteiger partial charge in [0.05, 0.1) is 0 Å². The lowest BCUT2D eigenvalue weighted by Gasteiger charge is -2.33. The highest BCUT2D eigenvalue weighted by Crippen LogP contribution is 2.38. The van der Waals surface area contributed by atoms with Gasteiger partial charge in [0.15, 0.2) is 0 Å². The molecule has 0 spiro atoms. The van der Waals surface area contributed by atoms with E-state index in [1.165, 1.54) is 5.56 Å². The topological polar surface area (TPSA) is 12.0 Å². The van der Waals surface area contributed by atoms with E-state index in [-0.39, 0.29) is 17.7 Å². The molecule has 0 aromatic heterocycles. The van der Waals surface area contributed by atoms with Crippen molar-refractivity contribution in [3.63, 3.8) is 0 Å². The number of benzene rings is 2. The molecule has 1 aliphatic heterocycles. The molecule has 2 aromatic rings. The lowest BCUT2D eigenvalue weighted by Crippen LogP contribution is -2.34. The van der Waals surface area contributed by atoms with Crippen molar-refractivity contribution < 1.29 is 4.39 Å². The van der Waals surface area contributed by atoms with Crippen LogP contribution in [0.25, 0.3) is 0 Å². The van der Waals surface area contributed by atoms with Crippen LogP contribution in [0.15, 0.2) is 48.5 Å². The Balaban J connectivity index is 1.95. The molecule has 0 bridgehead atoms. The first-order valence-electron chi connectivity index (χ1n) is 6.96. The van der Waals surface area contributed by atoms with Crippen molar-refractivity contribution in [3.05, 3.63) is 70.5 Å². The van der Waals surface area contributed by atoms with E-state index in [4.69, 9.17) is 11.6 Å². The second kappa shape index (κ2) is 5.94. The summed E-state index contributed by atoms with van der Waals surface area (Å²) < 4.78 is 14.1. The van der Waals surface area contributed by atoms with E-state index in [9.17, 15) is 4.39 Å². The molecule has 1 heterocycles. The summed E-state index contributed by atoms with van der Waals surface area (Å²) >= 11 is 5.95. The summed E-state index contributed by atoms with van der Waals surface area (Å²) in [6.45, 7) is 1.81. The Morgan fingerprint density at radius 1 is 1.00 bits per heavy atom. The van der Waals surface area contributed by atoms with Gasteiger partial charge in [0.1, 0.15) is 5.82 Å². The molecule has 0 radical (unpaired) electrons. The van der Waals surface area contributed by atoms with Crippen LogP contribution in [0.1, 0.15) is 29.4 Å². The van der Waals surface area contributed by atoms with Crippen molar-refractivity contribution in [2.45, 2.75) is 18.3 Å². The quantitative estimate of drug-likeness (QED) is 0.867. The van der Waals surface area contributed by atoms with Gasteiger partial charge in [0.2, 0.25) is 0 Å². The third-order valence-electron chi connectivity index (χ3n) is 4.08. The average molecular weight is 290 g/mol.